The number of thiophene rings is 2. The lowest BCUT2D eigenvalue weighted by Gasteiger charge is -2.08. The van der Waals surface area contributed by atoms with Crippen LogP contribution in [0.5, 0.6) is 0 Å². The Morgan fingerprint density at radius 2 is 1.05 bits per heavy atom. The second-order valence-corrected chi connectivity index (χ2v) is 16.3. The maximum Gasteiger partial charge on any atom is 0.338 e. The van der Waals surface area contributed by atoms with E-state index in [0.29, 0.717) is 45.1 Å². The first-order chi connectivity index (χ1) is 27.8. The van der Waals surface area contributed by atoms with Crippen molar-refractivity contribution in [1.29, 1.82) is 0 Å². The number of hydrogen-bond donors (Lipinski definition) is 1. The molecule has 0 bridgehead atoms. The van der Waals surface area contributed by atoms with Crippen LogP contribution in [0, 0.1) is 23.3 Å². The number of fused-ring (bicyclic) bond motifs is 2. The highest BCUT2D eigenvalue weighted by Crippen LogP contribution is 2.39. The van der Waals surface area contributed by atoms with E-state index in [0.717, 1.165) is 41.1 Å². The number of hydrogen-bond acceptors (Lipinski definition) is 5. The van der Waals surface area contributed by atoms with Crippen molar-refractivity contribution >= 4 is 78.0 Å². The van der Waals surface area contributed by atoms with Gasteiger partial charge in [0.2, 0.25) is 0 Å². The molecule has 0 aliphatic rings. The summed E-state index contributed by atoms with van der Waals surface area (Å²) in [4.78, 5) is 25.3. The van der Waals surface area contributed by atoms with E-state index in [4.69, 9.17) is 27.9 Å². The van der Waals surface area contributed by atoms with Crippen molar-refractivity contribution in [3.05, 3.63) is 187 Å². The molecule has 6 aromatic carbocycles. The smallest absolute Gasteiger partial charge is 0.338 e. The monoisotopic (exact) mass is 856 g/mol. The fourth-order valence-electron chi connectivity index (χ4n) is 6.60. The molecule has 8 aromatic rings. The normalized spacial score (nSPS) is 11.1. The van der Waals surface area contributed by atoms with Crippen molar-refractivity contribution in [1.82, 2.24) is 0 Å². The van der Waals surface area contributed by atoms with E-state index in [9.17, 15) is 32.3 Å². The Balaban J connectivity index is 0.000000177. The summed E-state index contributed by atoms with van der Waals surface area (Å²) in [5.41, 5.74) is 3.76. The fourth-order valence-corrected chi connectivity index (χ4v) is 9.53. The van der Waals surface area contributed by atoms with Crippen molar-refractivity contribution in [2.45, 2.75) is 19.8 Å². The summed E-state index contributed by atoms with van der Waals surface area (Å²) in [5, 5.41) is 11.8. The van der Waals surface area contributed by atoms with E-state index in [-0.39, 0.29) is 23.6 Å². The predicted molar refractivity (Wildman–Crippen MR) is 226 cm³/mol. The molecule has 0 aliphatic heterocycles. The van der Waals surface area contributed by atoms with Gasteiger partial charge in [-0.2, -0.15) is 0 Å². The van der Waals surface area contributed by atoms with Crippen LogP contribution < -0.4 is 0 Å². The van der Waals surface area contributed by atoms with E-state index in [1.165, 1.54) is 83.3 Å². The van der Waals surface area contributed by atoms with Crippen molar-refractivity contribution in [3.8, 4) is 22.3 Å². The number of rotatable bonds is 9. The molecule has 4 nitrogen and oxygen atoms in total. The second-order valence-electron chi connectivity index (χ2n) is 13.2. The van der Waals surface area contributed by atoms with Crippen LogP contribution in [0.2, 0.25) is 10.0 Å². The summed E-state index contributed by atoms with van der Waals surface area (Å²) in [6, 6.07) is 32.0. The number of benzene rings is 6. The average Bonchev–Trinajstić information content (AvgIpc) is 3.78. The highest BCUT2D eigenvalue weighted by molar-refractivity contribution is 7.20. The molecule has 0 spiro atoms. The molecule has 0 saturated carbocycles. The van der Waals surface area contributed by atoms with Gasteiger partial charge in [-0.3, -0.25) is 0 Å². The number of halogens is 6. The van der Waals surface area contributed by atoms with E-state index in [2.05, 4.69) is 0 Å². The second kappa shape index (κ2) is 17.5. The highest BCUT2D eigenvalue weighted by atomic mass is 35.5. The number of carbonyl (C=O) groups excluding carboxylic acids is 1. The van der Waals surface area contributed by atoms with Crippen molar-refractivity contribution in [3.63, 3.8) is 0 Å². The zero-order valence-corrected chi connectivity index (χ0v) is 33.6. The molecule has 292 valence electrons. The third kappa shape index (κ3) is 9.27. The zero-order valence-electron chi connectivity index (χ0n) is 30.4. The lowest BCUT2D eigenvalue weighted by atomic mass is 10.0. The van der Waals surface area contributed by atoms with Gasteiger partial charge in [0.05, 0.1) is 17.7 Å². The molecule has 0 aliphatic carbocycles. The Morgan fingerprint density at radius 1 is 0.586 bits per heavy atom. The van der Waals surface area contributed by atoms with Gasteiger partial charge in [0.15, 0.2) is 0 Å². The molecule has 0 amide bonds. The summed E-state index contributed by atoms with van der Waals surface area (Å²) in [7, 11) is 0. The van der Waals surface area contributed by atoms with Gasteiger partial charge in [0.1, 0.15) is 23.3 Å². The molecule has 0 atom stereocenters. The topological polar surface area (TPSA) is 63.6 Å². The number of aromatic carboxylic acids is 1. The van der Waals surface area contributed by atoms with Gasteiger partial charge in [0, 0.05) is 64.3 Å². The van der Waals surface area contributed by atoms with Gasteiger partial charge < -0.3 is 9.84 Å². The molecule has 58 heavy (non-hydrogen) atoms. The number of esters is 1. The van der Waals surface area contributed by atoms with E-state index in [1.54, 1.807) is 31.2 Å². The SMILES string of the molecule is CCOC(=O)c1ccc(F)c(-c2cccc3cc(Cc4cc(F)cc(Cl)c4)sc23)c1.O=C(O)c1ccc(F)c(-c2cccc3cc(Cc4cc(F)cc(Cl)c4)sc23)c1. The molecule has 12 heteroatoms. The summed E-state index contributed by atoms with van der Waals surface area (Å²) in [6.07, 6.45) is 1.01. The Labute approximate surface area is 348 Å². The number of carboxylic acid groups (broad SMARTS) is 1. The average molecular weight is 858 g/mol. The minimum absolute atomic E-state index is 0.0274. The Morgan fingerprint density at radius 3 is 1.50 bits per heavy atom. The van der Waals surface area contributed by atoms with Crippen molar-refractivity contribution in [2.24, 2.45) is 0 Å². The van der Waals surface area contributed by atoms with Gasteiger partial charge in [-0.05, 0) is 114 Å². The highest BCUT2D eigenvalue weighted by Gasteiger charge is 2.17. The molecule has 0 radical (unpaired) electrons. The minimum Gasteiger partial charge on any atom is -0.478 e. The molecule has 0 saturated heterocycles. The summed E-state index contributed by atoms with van der Waals surface area (Å²) in [6.45, 7) is 1.97. The minimum atomic E-state index is -1.11. The van der Waals surface area contributed by atoms with Crippen LogP contribution in [-0.4, -0.2) is 23.7 Å². The van der Waals surface area contributed by atoms with Crippen LogP contribution in [0.4, 0.5) is 17.6 Å². The zero-order chi connectivity index (χ0) is 41.1. The lowest BCUT2D eigenvalue weighted by Crippen LogP contribution is -2.05. The number of ether oxygens (including phenoxy) is 1. The first-order valence-electron chi connectivity index (χ1n) is 17.8. The lowest BCUT2D eigenvalue weighted by molar-refractivity contribution is 0.0525. The number of carbonyl (C=O) groups is 2. The van der Waals surface area contributed by atoms with Crippen LogP contribution in [0.1, 0.15) is 48.5 Å². The van der Waals surface area contributed by atoms with Crippen LogP contribution in [0.15, 0.2) is 121 Å². The molecule has 0 unspecified atom stereocenters. The van der Waals surface area contributed by atoms with Crippen molar-refractivity contribution < 1.29 is 37.0 Å². The van der Waals surface area contributed by atoms with Crippen LogP contribution in [0.3, 0.4) is 0 Å². The van der Waals surface area contributed by atoms with Gasteiger partial charge in [-0.15, -0.1) is 22.7 Å². The quantitative estimate of drug-likeness (QED) is 0.116. The Bertz CT molecular complexity index is 2810. The third-order valence-electron chi connectivity index (χ3n) is 9.06. The first kappa shape index (κ1) is 40.7. The van der Waals surface area contributed by atoms with Gasteiger partial charge in [0.25, 0.3) is 0 Å². The summed E-state index contributed by atoms with van der Waals surface area (Å²) < 4.78 is 63.2. The first-order valence-corrected chi connectivity index (χ1v) is 20.2. The van der Waals surface area contributed by atoms with Crippen LogP contribution in [0.25, 0.3) is 42.4 Å². The summed E-state index contributed by atoms with van der Waals surface area (Å²) in [5.74, 6) is -3.26. The molecule has 2 heterocycles. The van der Waals surface area contributed by atoms with Gasteiger partial charge in [-0.1, -0.05) is 59.6 Å². The molecule has 2 aromatic heterocycles. The van der Waals surface area contributed by atoms with Crippen LogP contribution in [-0.2, 0) is 17.6 Å². The molecular weight excluding hydrogens is 828 g/mol. The maximum absolute atomic E-state index is 14.7. The van der Waals surface area contributed by atoms with E-state index in [1.807, 2.05) is 36.4 Å². The fraction of sp³-hybridized carbons (Fsp3) is 0.0870. The van der Waals surface area contributed by atoms with E-state index < -0.39 is 29.4 Å². The molecule has 1 N–H and O–H groups in total. The molecular formula is C46H30Cl2F4O4S2. The predicted octanol–water partition coefficient (Wildman–Crippen LogP) is 14.1. The number of carboxylic acids is 1. The largest absolute Gasteiger partial charge is 0.478 e. The van der Waals surface area contributed by atoms with Gasteiger partial charge >= 0.3 is 11.9 Å². The summed E-state index contributed by atoms with van der Waals surface area (Å²) >= 11 is 14.9. The van der Waals surface area contributed by atoms with Gasteiger partial charge in [-0.25, -0.2) is 27.2 Å². The van der Waals surface area contributed by atoms with Crippen LogP contribution >= 0.6 is 45.9 Å². The Kier molecular flexibility index (Phi) is 12.3. The third-order valence-corrected chi connectivity index (χ3v) is 11.9. The Hall–Kier alpha value is -5.52. The maximum atomic E-state index is 14.7. The van der Waals surface area contributed by atoms with E-state index >= 15 is 0 Å². The molecule has 0 fully saturated rings. The standard InChI is InChI=1S/C24H17ClF2O2S.C22H13ClF2O2S/c1-2-29-24(28)16-6-7-22(27)21(12-16)20-5-3-4-15-11-19(30-23(15)20)10-14-8-17(25)13-18(26)9-14;23-15-6-12(7-16(24)11-15)8-17-9-13-2-1-3-18(21(13)28-17)19-10-14(22(26)27)4-5-20(19)25/h3-9,11-13H,2,10H2,1H3;1-7,9-11H,8H2,(H,26,27). The van der Waals surface area contributed by atoms with Crippen molar-refractivity contribution in [2.75, 3.05) is 6.61 Å². The molecule has 8 rings (SSSR count).